The van der Waals surface area contributed by atoms with Crippen molar-refractivity contribution in [2.45, 2.75) is 18.3 Å². The van der Waals surface area contributed by atoms with Gasteiger partial charge < -0.3 is 4.90 Å². The standard InChI is InChI=1S/C53H39N3/c1-5-15-41(16-6-1)54(42-17-7-2-8-18-42)45-32-29-38(30-33-45)37-25-27-39(28-26-37)40-31-34-46-48-36-49(48)52-47-23-13-14-24-50(47)55(43-19-9-3-10-20-43)53(52)56(51(46)35-40)44-21-11-4-12-22-44/h1-35,48-49H,36H2. The van der Waals surface area contributed by atoms with Gasteiger partial charge in [-0.05, 0) is 119 Å². The first-order valence-electron chi connectivity index (χ1n) is 19.6. The van der Waals surface area contributed by atoms with E-state index in [1.54, 1.807) is 0 Å². The van der Waals surface area contributed by atoms with E-state index in [-0.39, 0.29) is 0 Å². The molecule has 2 atom stereocenters. The van der Waals surface area contributed by atoms with Crippen molar-refractivity contribution in [3.8, 4) is 27.9 Å². The molecule has 0 spiro atoms. The summed E-state index contributed by atoms with van der Waals surface area (Å²) in [5, 5.41) is 1.35. The van der Waals surface area contributed by atoms with Gasteiger partial charge in [0, 0.05) is 39.4 Å². The molecule has 0 bridgehead atoms. The summed E-state index contributed by atoms with van der Waals surface area (Å²) in [6.45, 7) is 0. The lowest BCUT2D eigenvalue weighted by molar-refractivity contribution is 1.04. The molecule has 3 heteroatoms. The van der Waals surface area contributed by atoms with Crippen LogP contribution in [0, 0.1) is 0 Å². The molecule has 1 aliphatic heterocycles. The zero-order valence-electron chi connectivity index (χ0n) is 30.9. The lowest BCUT2D eigenvalue weighted by Gasteiger charge is -2.29. The fourth-order valence-corrected chi connectivity index (χ4v) is 8.98. The van der Waals surface area contributed by atoms with Crippen LogP contribution in [0.4, 0.5) is 34.3 Å². The van der Waals surface area contributed by atoms with E-state index < -0.39 is 0 Å². The second-order valence-corrected chi connectivity index (χ2v) is 14.9. The minimum absolute atomic E-state index is 0.483. The zero-order valence-corrected chi connectivity index (χ0v) is 30.9. The summed E-state index contributed by atoms with van der Waals surface area (Å²) in [7, 11) is 0. The van der Waals surface area contributed by atoms with Crippen molar-refractivity contribution in [2.24, 2.45) is 0 Å². The van der Waals surface area contributed by atoms with Gasteiger partial charge in [0.2, 0.25) is 0 Å². The molecule has 1 aromatic heterocycles. The molecule has 0 radical (unpaired) electrons. The van der Waals surface area contributed by atoms with Crippen molar-refractivity contribution >= 4 is 45.2 Å². The molecule has 266 valence electrons. The summed E-state index contributed by atoms with van der Waals surface area (Å²) in [5.74, 6) is 2.23. The van der Waals surface area contributed by atoms with E-state index in [4.69, 9.17) is 0 Å². The first-order chi connectivity index (χ1) is 27.8. The lowest BCUT2D eigenvalue weighted by Crippen LogP contribution is -2.16. The summed E-state index contributed by atoms with van der Waals surface area (Å²) in [6, 6.07) is 77.1. The van der Waals surface area contributed by atoms with Crippen LogP contribution in [0.1, 0.15) is 29.4 Å². The van der Waals surface area contributed by atoms with Crippen LogP contribution in [0.2, 0.25) is 0 Å². The third-order valence-electron chi connectivity index (χ3n) is 11.7. The van der Waals surface area contributed by atoms with E-state index in [1.165, 1.54) is 73.6 Å². The Hall–Kier alpha value is -7.10. The second kappa shape index (κ2) is 13.3. The van der Waals surface area contributed by atoms with Crippen molar-refractivity contribution in [3.05, 3.63) is 223 Å². The Bertz CT molecular complexity index is 2770. The molecule has 0 N–H and O–H groups in total. The maximum absolute atomic E-state index is 2.54. The van der Waals surface area contributed by atoms with Gasteiger partial charge in [0.25, 0.3) is 0 Å². The molecular formula is C53H39N3. The number of anilines is 6. The van der Waals surface area contributed by atoms with Crippen molar-refractivity contribution < 1.29 is 0 Å². The van der Waals surface area contributed by atoms with Crippen LogP contribution >= 0.6 is 0 Å². The molecule has 8 aromatic carbocycles. The average molecular weight is 718 g/mol. The normalized spacial score (nSPS) is 15.4. The van der Waals surface area contributed by atoms with Crippen molar-refractivity contribution in [3.63, 3.8) is 0 Å². The monoisotopic (exact) mass is 717 g/mol. The SMILES string of the molecule is c1ccc(N(c2ccccc2)c2ccc(-c3ccc(-c4ccc5c(c4)N(c4ccccc4)c4c(c6ccccc6n4-c4ccccc4)C4CC54)cc3)cc2)cc1. The highest BCUT2D eigenvalue weighted by molar-refractivity contribution is 5.99. The maximum atomic E-state index is 2.54. The molecule has 2 aliphatic rings. The highest BCUT2D eigenvalue weighted by atomic mass is 15.3. The molecule has 11 rings (SSSR count). The third-order valence-corrected chi connectivity index (χ3v) is 11.7. The summed E-state index contributed by atoms with van der Waals surface area (Å²) >= 11 is 0. The van der Waals surface area contributed by atoms with Crippen molar-refractivity contribution in [2.75, 3.05) is 9.80 Å². The fourth-order valence-electron chi connectivity index (χ4n) is 8.98. The third kappa shape index (κ3) is 5.43. The summed E-state index contributed by atoms with van der Waals surface area (Å²) < 4.78 is 2.49. The van der Waals surface area contributed by atoms with Gasteiger partial charge in [-0.2, -0.15) is 0 Å². The largest absolute Gasteiger partial charge is 0.311 e. The molecule has 0 saturated heterocycles. The molecule has 2 unspecified atom stereocenters. The van der Waals surface area contributed by atoms with Gasteiger partial charge in [-0.15, -0.1) is 0 Å². The van der Waals surface area contributed by atoms with E-state index >= 15 is 0 Å². The highest BCUT2D eigenvalue weighted by Gasteiger charge is 2.48. The van der Waals surface area contributed by atoms with E-state index in [0.29, 0.717) is 11.8 Å². The van der Waals surface area contributed by atoms with E-state index in [1.807, 2.05) is 0 Å². The van der Waals surface area contributed by atoms with Gasteiger partial charge in [-0.1, -0.05) is 140 Å². The van der Waals surface area contributed by atoms with Crippen LogP contribution in [0.5, 0.6) is 0 Å². The molecule has 0 amide bonds. The summed E-state index contributed by atoms with van der Waals surface area (Å²) in [5.41, 5.74) is 16.0. The van der Waals surface area contributed by atoms with Crippen molar-refractivity contribution in [1.82, 2.24) is 4.57 Å². The Morgan fingerprint density at radius 2 is 0.893 bits per heavy atom. The van der Waals surface area contributed by atoms with Gasteiger partial charge in [0.05, 0.1) is 11.2 Å². The van der Waals surface area contributed by atoms with E-state index in [2.05, 4.69) is 227 Å². The first kappa shape index (κ1) is 32.3. The smallest absolute Gasteiger partial charge is 0.127 e. The molecule has 2 heterocycles. The molecule has 3 nitrogen and oxygen atoms in total. The summed E-state index contributed by atoms with van der Waals surface area (Å²) in [6.07, 6.45) is 1.17. The van der Waals surface area contributed by atoms with Gasteiger partial charge in [-0.25, -0.2) is 0 Å². The first-order valence-corrected chi connectivity index (χ1v) is 19.6. The van der Waals surface area contributed by atoms with Crippen LogP contribution < -0.4 is 9.80 Å². The number of benzene rings is 8. The van der Waals surface area contributed by atoms with Crippen LogP contribution in [0.15, 0.2) is 212 Å². The molecule has 9 aromatic rings. The van der Waals surface area contributed by atoms with Crippen LogP contribution in [0.25, 0.3) is 38.8 Å². The Balaban J connectivity index is 0.985. The Kier molecular flexibility index (Phi) is 7.70. The maximum Gasteiger partial charge on any atom is 0.127 e. The predicted molar refractivity (Wildman–Crippen MR) is 234 cm³/mol. The molecule has 56 heavy (non-hydrogen) atoms. The van der Waals surface area contributed by atoms with Gasteiger partial charge in [-0.3, -0.25) is 9.47 Å². The predicted octanol–water partition coefficient (Wildman–Crippen LogP) is 14.5. The van der Waals surface area contributed by atoms with Crippen LogP contribution in [-0.4, -0.2) is 4.57 Å². The molecule has 1 aliphatic carbocycles. The molecule has 1 saturated carbocycles. The summed E-state index contributed by atoms with van der Waals surface area (Å²) in [4.78, 5) is 4.84. The Labute approximate surface area is 328 Å². The zero-order chi connectivity index (χ0) is 37.0. The number of hydrogen-bond donors (Lipinski definition) is 0. The van der Waals surface area contributed by atoms with Crippen molar-refractivity contribution in [1.29, 1.82) is 0 Å². The van der Waals surface area contributed by atoms with E-state index in [9.17, 15) is 0 Å². The topological polar surface area (TPSA) is 11.4 Å². The molecular weight excluding hydrogens is 679 g/mol. The van der Waals surface area contributed by atoms with Crippen LogP contribution in [0.3, 0.4) is 0 Å². The Morgan fingerprint density at radius 3 is 1.52 bits per heavy atom. The number of para-hydroxylation sites is 5. The molecule has 1 fully saturated rings. The number of nitrogens with zero attached hydrogens (tertiary/aromatic N) is 3. The Morgan fingerprint density at radius 1 is 0.411 bits per heavy atom. The number of rotatable bonds is 7. The number of aromatic nitrogens is 1. The fraction of sp³-hybridized carbons (Fsp3) is 0.0566. The number of hydrogen-bond acceptors (Lipinski definition) is 2. The minimum Gasteiger partial charge on any atom is -0.311 e. The quantitative estimate of drug-likeness (QED) is 0.163. The van der Waals surface area contributed by atoms with Gasteiger partial charge in [0.1, 0.15) is 5.82 Å². The van der Waals surface area contributed by atoms with Crippen LogP contribution in [-0.2, 0) is 0 Å². The second-order valence-electron chi connectivity index (χ2n) is 14.9. The van der Waals surface area contributed by atoms with Gasteiger partial charge >= 0.3 is 0 Å². The number of fused-ring (bicyclic) bond motifs is 7. The van der Waals surface area contributed by atoms with E-state index in [0.717, 1.165) is 17.1 Å². The highest BCUT2D eigenvalue weighted by Crippen LogP contribution is 2.65. The van der Waals surface area contributed by atoms with Gasteiger partial charge in [0.15, 0.2) is 0 Å². The minimum atomic E-state index is 0.483. The average Bonchev–Trinajstić information content (AvgIpc) is 4.01. The lowest BCUT2D eigenvalue weighted by atomic mass is 9.96.